The van der Waals surface area contributed by atoms with Gasteiger partial charge in [0, 0.05) is 17.5 Å². The number of aliphatic hydroxyl groups is 1. The molecule has 1 fully saturated rings. The van der Waals surface area contributed by atoms with Crippen LogP contribution in [-0.4, -0.2) is 17.8 Å². The van der Waals surface area contributed by atoms with Crippen LogP contribution in [-0.2, 0) is 5.41 Å². The number of rotatable bonds is 2. The van der Waals surface area contributed by atoms with Gasteiger partial charge in [-0.3, -0.25) is 0 Å². The molecular formula is C15H19NO. The van der Waals surface area contributed by atoms with Crippen molar-refractivity contribution in [2.75, 3.05) is 6.54 Å². The molecule has 1 aliphatic carbocycles. The molecule has 0 saturated heterocycles. The minimum Gasteiger partial charge on any atom is -0.393 e. The van der Waals surface area contributed by atoms with E-state index in [1.54, 1.807) is 0 Å². The van der Waals surface area contributed by atoms with Gasteiger partial charge < -0.3 is 10.8 Å². The van der Waals surface area contributed by atoms with Gasteiger partial charge in [-0.25, -0.2) is 0 Å². The zero-order valence-electron chi connectivity index (χ0n) is 10.0. The van der Waals surface area contributed by atoms with Crippen molar-refractivity contribution < 1.29 is 5.11 Å². The maximum Gasteiger partial charge on any atom is 0.0541 e. The summed E-state index contributed by atoms with van der Waals surface area (Å²) in [4.78, 5) is 0. The highest BCUT2D eigenvalue weighted by Crippen LogP contribution is 2.39. The molecule has 1 aromatic carbocycles. The molecular weight excluding hydrogens is 210 g/mol. The summed E-state index contributed by atoms with van der Waals surface area (Å²) < 4.78 is 0. The maximum atomic E-state index is 9.63. The summed E-state index contributed by atoms with van der Waals surface area (Å²) >= 11 is 0. The van der Waals surface area contributed by atoms with Gasteiger partial charge in [0.25, 0.3) is 0 Å². The van der Waals surface area contributed by atoms with Crippen LogP contribution in [0.4, 0.5) is 0 Å². The van der Waals surface area contributed by atoms with Crippen LogP contribution in [0.15, 0.2) is 24.3 Å². The van der Waals surface area contributed by atoms with Crippen LogP contribution in [0.25, 0.3) is 0 Å². The largest absolute Gasteiger partial charge is 0.393 e. The van der Waals surface area contributed by atoms with E-state index >= 15 is 0 Å². The Morgan fingerprint density at radius 3 is 2.59 bits per heavy atom. The molecule has 2 nitrogen and oxygen atoms in total. The molecule has 0 unspecified atom stereocenters. The number of hydrogen-bond acceptors (Lipinski definition) is 2. The zero-order chi connectivity index (χ0) is 12.3. The molecule has 0 aromatic heterocycles. The van der Waals surface area contributed by atoms with Crippen molar-refractivity contribution in [2.45, 2.75) is 37.2 Å². The fourth-order valence-electron chi connectivity index (χ4n) is 2.81. The predicted octanol–water partition coefficient (Wildman–Crippen LogP) is 1.80. The number of nitrogens with two attached hydrogens (primary N) is 1. The van der Waals surface area contributed by atoms with E-state index in [1.807, 2.05) is 18.2 Å². The summed E-state index contributed by atoms with van der Waals surface area (Å²) in [5.41, 5.74) is 8.07. The van der Waals surface area contributed by atoms with E-state index in [1.165, 1.54) is 5.56 Å². The fraction of sp³-hybridized carbons (Fsp3) is 0.467. The Kier molecular flexibility index (Phi) is 3.51. The molecule has 1 aromatic rings. The highest BCUT2D eigenvalue weighted by molar-refractivity contribution is 5.44. The first kappa shape index (κ1) is 12.2. The number of hydrogen-bond donors (Lipinski definition) is 2. The first-order valence-corrected chi connectivity index (χ1v) is 6.16. The molecule has 0 spiro atoms. The van der Waals surface area contributed by atoms with Crippen molar-refractivity contribution in [1.29, 1.82) is 0 Å². The van der Waals surface area contributed by atoms with Gasteiger partial charge in [-0.2, -0.15) is 0 Å². The van der Waals surface area contributed by atoms with E-state index in [9.17, 15) is 5.11 Å². The number of terminal acetylenes is 1. The van der Waals surface area contributed by atoms with Gasteiger partial charge in [0.15, 0.2) is 0 Å². The molecule has 0 heterocycles. The molecule has 0 radical (unpaired) electrons. The average Bonchev–Trinajstić information content (AvgIpc) is 2.40. The average molecular weight is 229 g/mol. The van der Waals surface area contributed by atoms with Crippen LogP contribution in [0, 0.1) is 12.3 Å². The smallest absolute Gasteiger partial charge is 0.0541 e. The molecule has 0 amide bonds. The minimum absolute atomic E-state index is 0.0395. The van der Waals surface area contributed by atoms with Crippen molar-refractivity contribution in [2.24, 2.45) is 5.73 Å². The van der Waals surface area contributed by atoms with Crippen LogP contribution in [0.3, 0.4) is 0 Å². The van der Waals surface area contributed by atoms with Crippen molar-refractivity contribution in [3.63, 3.8) is 0 Å². The van der Waals surface area contributed by atoms with Crippen LogP contribution in [0.5, 0.6) is 0 Å². The summed E-state index contributed by atoms with van der Waals surface area (Å²) in [6, 6.07) is 8.02. The molecule has 0 aliphatic heterocycles. The van der Waals surface area contributed by atoms with Crippen LogP contribution >= 0.6 is 0 Å². The van der Waals surface area contributed by atoms with Gasteiger partial charge in [-0.15, -0.1) is 6.42 Å². The third-order valence-electron chi connectivity index (χ3n) is 3.96. The lowest BCUT2D eigenvalue weighted by atomic mass is 9.67. The molecule has 0 atom stereocenters. The van der Waals surface area contributed by atoms with Crippen molar-refractivity contribution in [1.82, 2.24) is 0 Å². The van der Waals surface area contributed by atoms with E-state index < -0.39 is 0 Å². The Morgan fingerprint density at radius 1 is 1.35 bits per heavy atom. The summed E-state index contributed by atoms with van der Waals surface area (Å²) in [7, 11) is 0. The Bertz CT molecular complexity index is 425. The molecule has 2 rings (SSSR count). The quantitative estimate of drug-likeness (QED) is 0.760. The van der Waals surface area contributed by atoms with Crippen molar-refractivity contribution in [3.8, 4) is 12.3 Å². The lowest BCUT2D eigenvalue weighted by Gasteiger charge is -2.39. The summed E-state index contributed by atoms with van der Waals surface area (Å²) in [6.07, 6.45) is 8.86. The summed E-state index contributed by atoms with van der Waals surface area (Å²) in [6.45, 7) is 0.596. The van der Waals surface area contributed by atoms with Crippen LogP contribution in [0.1, 0.15) is 36.8 Å². The predicted molar refractivity (Wildman–Crippen MR) is 69.6 cm³/mol. The van der Waals surface area contributed by atoms with Gasteiger partial charge in [0.05, 0.1) is 6.10 Å². The van der Waals surface area contributed by atoms with Gasteiger partial charge in [0.1, 0.15) is 0 Å². The second-order valence-corrected chi connectivity index (χ2v) is 4.91. The van der Waals surface area contributed by atoms with E-state index in [2.05, 4.69) is 12.0 Å². The highest BCUT2D eigenvalue weighted by Gasteiger charge is 2.36. The third kappa shape index (κ3) is 2.22. The van der Waals surface area contributed by atoms with Gasteiger partial charge in [-0.05, 0) is 37.3 Å². The number of benzene rings is 1. The Hall–Kier alpha value is -1.30. The van der Waals surface area contributed by atoms with E-state index in [0.717, 1.165) is 31.2 Å². The molecule has 2 heteroatoms. The third-order valence-corrected chi connectivity index (χ3v) is 3.96. The normalized spacial score (nSPS) is 28.6. The highest BCUT2D eigenvalue weighted by atomic mass is 16.3. The Labute approximate surface area is 103 Å². The fourth-order valence-corrected chi connectivity index (χ4v) is 2.81. The molecule has 90 valence electrons. The lowest BCUT2D eigenvalue weighted by molar-refractivity contribution is 0.0974. The number of aliphatic hydroxyl groups excluding tert-OH is 1. The summed E-state index contributed by atoms with van der Waals surface area (Å²) in [5.74, 6) is 2.75. The molecule has 17 heavy (non-hydrogen) atoms. The molecule has 1 aliphatic rings. The van der Waals surface area contributed by atoms with Crippen molar-refractivity contribution in [3.05, 3.63) is 35.4 Å². The van der Waals surface area contributed by atoms with E-state index in [4.69, 9.17) is 12.2 Å². The van der Waals surface area contributed by atoms with Gasteiger partial charge in [0.2, 0.25) is 0 Å². The zero-order valence-corrected chi connectivity index (χ0v) is 10.0. The lowest BCUT2D eigenvalue weighted by Crippen LogP contribution is -2.40. The van der Waals surface area contributed by atoms with Crippen LogP contribution < -0.4 is 5.73 Å². The molecule has 1 saturated carbocycles. The minimum atomic E-state index is -0.173. The second-order valence-electron chi connectivity index (χ2n) is 4.91. The van der Waals surface area contributed by atoms with Crippen LogP contribution in [0.2, 0.25) is 0 Å². The van der Waals surface area contributed by atoms with Gasteiger partial charge in [-0.1, -0.05) is 24.1 Å². The van der Waals surface area contributed by atoms with Gasteiger partial charge >= 0.3 is 0 Å². The second kappa shape index (κ2) is 4.91. The monoisotopic (exact) mass is 229 g/mol. The topological polar surface area (TPSA) is 46.2 Å². The Morgan fingerprint density at radius 2 is 2.00 bits per heavy atom. The SMILES string of the molecule is C#Cc1ccccc1C1(CN)CCC(O)CC1. The maximum absolute atomic E-state index is 9.63. The van der Waals surface area contributed by atoms with Crippen molar-refractivity contribution >= 4 is 0 Å². The first-order chi connectivity index (χ1) is 8.22. The molecule has 3 N–H and O–H groups in total. The van der Waals surface area contributed by atoms with E-state index in [0.29, 0.717) is 6.54 Å². The van der Waals surface area contributed by atoms with E-state index in [-0.39, 0.29) is 11.5 Å². The standard InChI is InChI=1S/C15H19NO/c1-2-12-5-3-4-6-14(12)15(11-16)9-7-13(17)8-10-15/h1,3-6,13,17H,7-11,16H2. The molecule has 0 bridgehead atoms. The summed E-state index contributed by atoms with van der Waals surface area (Å²) in [5, 5.41) is 9.63. The first-order valence-electron chi connectivity index (χ1n) is 6.16. The Balaban J connectivity index is 2.38.